The van der Waals surface area contributed by atoms with Crippen LogP contribution in [0.1, 0.15) is 29.5 Å². The highest BCUT2D eigenvalue weighted by atomic mass is 127. The molecule has 2 N–H and O–H groups in total. The molecule has 5 nitrogen and oxygen atoms in total. The molecule has 1 aliphatic rings. The summed E-state index contributed by atoms with van der Waals surface area (Å²) in [6.07, 6.45) is -0.580. The summed E-state index contributed by atoms with van der Waals surface area (Å²) in [7, 11) is 0. The van der Waals surface area contributed by atoms with Crippen molar-refractivity contribution in [2.24, 2.45) is 0 Å². The second-order valence-corrected chi connectivity index (χ2v) is 9.02. The van der Waals surface area contributed by atoms with Crippen LogP contribution in [0.2, 0.25) is 0 Å². The fraction of sp³-hybridized carbons (Fsp3) is 0.200. The van der Waals surface area contributed by atoms with Crippen molar-refractivity contribution in [3.05, 3.63) is 93.1 Å². The molecule has 0 radical (unpaired) electrons. The van der Waals surface area contributed by atoms with Crippen LogP contribution in [0.3, 0.4) is 0 Å². The number of rotatable bonds is 6. The number of fused-ring (bicyclic) bond motifs is 3. The summed E-state index contributed by atoms with van der Waals surface area (Å²) >= 11 is 2.16. The first-order valence-corrected chi connectivity index (χ1v) is 11.1. The molecule has 4 rings (SSSR count). The number of alkyl carbamates (subject to hydrolysis) is 1. The SMILES string of the molecule is CC(Cc1ccccc1I)(NC(=O)OCC1c2ccccc2-c2ccccc21)C(=O)O. The summed E-state index contributed by atoms with van der Waals surface area (Å²) in [6, 6.07) is 23.7. The van der Waals surface area contributed by atoms with Gasteiger partial charge in [-0.05, 0) is 63.4 Å². The van der Waals surface area contributed by atoms with Crippen molar-refractivity contribution in [2.45, 2.75) is 24.8 Å². The van der Waals surface area contributed by atoms with Crippen molar-refractivity contribution < 1.29 is 19.4 Å². The van der Waals surface area contributed by atoms with Crippen LogP contribution in [0.5, 0.6) is 0 Å². The number of hydrogen-bond acceptors (Lipinski definition) is 3. The van der Waals surface area contributed by atoms with Crippen molar-refractivity contribution in [3.8, 4) is 11.1 Å². The number of carbonyl (C=O) groups is 2. The van der Waals surface area contributed by atoms with E-state index in [9.17, 15) is 14.7 Å². The predicted octanol–water partition coefficient (Wildman–Crippen LogP) is 5.22. The number of benzene rings is 3. The Kier molecular flexibility index (Phi) is 6.00. The van der Waals surface area contributed by atoms with Crippen LogP contribution < -0.4 is 5.32 Å². The molecule has 0 saturated carbocycles. The highest BCUT2D eigenvalue weighted by Crippen LogP contribution is 2.44. The zero-order valence-corrected chi connectivity index (χ0v) is 19.1. The molecule has 1 aliphatic carbocycles. The molecular weight excluding hydrogens is 505 g/mol. The third kappa shape index (κ3) is 4.30. The van der Waals surface area contributed by atoms with Gasteiger partial charge in [0.2, 0.25) is 0 Å². The highest BCUT2D eigenvalue weighted by molar-refractivity contribution is 14.1. The summed E-state index contributed by atoms with van der Waals surface area (Å²) in [5.41, 5.74) is 3.87. The minimum atomic E-state index is -1.48. The molecule has 31 heavy (non-hydrogen) atoms. The third-order valence-electron chi connectivity index (χ3n) is 5.70. The Labute approximate surface area is 194 Å². The first kappa shape index (κ1) is 21.4. The molecule has 0 bridgehead atoms. The van der Waals surface area contributed by atoms with Crippen LogP contribution in [-0.4, -0.2) is 29.3 Å². The van der Waals surface area contributed by atoms with Gasteiger partial charge in [-0.15, -0.1) is 0 Å². The van der Waals surface area contributed by atoms with Gasteiger partial charge in [0.15, 0.2) is 0 Å². The van der Waals surface area contributed by atoms with Gasteiger partial charge < -0.3 is 15.2 Å². The van der Waals surface area contributed by atoms with Crippen molar-refractivity contribution in [1.82, 2.24) is 5.32 Å². The van der Waals surface area contributed by atoms with E-state index in [0.717, 1.165) is 31.4 Å². The topological polar surface area (TPSA) is 75.6 Å². The number of aliphatic carboxylic acids is 1. The molecule has 0 aromatic heterocycles. The minimum absolute atomic E-state index is 0.0793. The molecular formula is C25H22INO4. The predicted molar refractivity (Wildman–Crippen MR) is 127 cm³/mol. The van der Waals surface area contributed by atoms with Gasteiger partial charge in [-0.3, -0.25) is 0 Å². The quantitative estimate of drug-likeness (QED) is 0.432. The van der Waals surface area contributed by atoms with Gasteiger partial charge in [0.1, 0.15) is 12.1 Å². The molecule has 3 aromatic carbocycles. The first-order chi connectivity index (χ1) is 14.9. The number of ether oxygens (including phenoxy) is 1. The summed E-state index contributed by atoms with van der Waals surface area (Å²) in [6.45, 7) is 1.64. The lowest BCUT2D eigenvalue weighted by molar-refractivity contribution is -0.143. The highest BCUT2D eigenvalue weighted by Gasteiger charge is 2.37. The number of nitrogens with one attached hydrogen (secondary N) is 1. The van der Waals surface area contributed by atoms with E-state index in [1.807, 2.05) is 60.7 Å². The number of halogens is 1. The zero-order chi connectivity index (χ0) is 22.0. The summed E-state index contributed by atoms with van der Waals surface area (Å²) < 4.78 is 6.48. The molecule has 0 spiro atoms. The van der Waals surface area contributed by atoms with Crippen LogP contribution in [0.25, 0.3) is 11.1 Å². The second kappa shape index (κ2) is 8.70. The van der Waals surface area contributed by atoms with Crippen LogP contribution in [0, 0.1) is 3.57 Å². The van der Waals surface area contributed by atoms with Gasteiger partial charge in [0, 0.05) is 15.9 Å². The van der Waals surface area contributed by atoms with E-state index in [2.05, 4.69) is 40.0 Å². The van der Waals surface area contributed by atoms with Crippen LogP contribution >= 0.6 is 22.6 Å². The Balaban J connectivity index is 1.48. The zero-order valence-electron chi connectivity index (χ0n) is 17.0. The van der Waals surface area contributed by atoms with E-state index >= 15 is 0 Å². The van der Waals surface area contributed by atoms with Gasteiger partial charge in [-0.2, -0.15) is 0 Å². The number of carbonyl (C=O) groups excluding carboxylic acids is 1. The summed E-state index contributed by atoms with van der Waals surface area (Å²) in [5.74, 6) is -1.19. The minimum Gasteiger partial charge on any atom is -0.480 e. The number of amides is 1. The van der Waals surface area contributed by atoms with E-state index in [-0.39, 0.29) is 18.9 Å². The smallest absolute Gasteiger partial charge is 0.408 e. The molecule has 0 saturated heterocycles. The van der Waals surface area contributed by atoms with Crippen LogP contribution in [0.15, 0.2) is 72.8 Å². The Hall–Kier alpha value is -2.87. The lowest BCUT2D eigenvalue weighted by atomic mass is 9.93. The van der Waals surface area contributed by atoms with Crippen molar-refractivity contribution in [2.75, 3.05) is 6.61 Å². The van der Waals surface area contributed by atoms with Crippen molar-refractivity contribution >= 4 is 34.7 Å². The van der Waals surface area contributed by atoms with E-state index in [1.165, 1.54) is 6.92 Å². The molecule has 158 valence electrons. The largest absolute Gasteiger partial charge is 0.480 e. The number of carboxylic acids is 1. The molecule has 0 fully saturated rings. The second-order valence-electron chi connectivity index (χ2n) is 7.86. The van der Waals surface area contributed by atoms with Gasteiger partial charge in [-0.1, -0.05) is 66.7 Å². The molecule has 1 atom stereocenters. The maximum atomic E-state index is 12.6. The molecule has 0 heterocycles. The molecule has 3 aromatic rings. The Morgan fingerprint density at radius 2 is 1.52 bits per heavy atom. The van der Waals surface area contributed by atoms with E-state index < -0.39 is 17.6 Å². The van der Waals surface area contributed by atoms with Crippen molar-refractivity contribution in [1.29, 1.82) is 0 Å². The Morgan fingerprint density at radius 1 is 0.968 bits per heavy atom. The average Bonchev–Trinajstić information content (AvgIpc) is 3.08. The first-order valence-electron chi connectivity index (χ1n) is 9.99. The van der Waals surface area contributed by atoms with Crippen LogP contribution in [-0.2, 0) is 16.0 Å². The third-order valence-corrected chi connectivity index (χ3v) is 6.75. The van der Waals surface area contributed by atoms with Gasteiger partial charge in [-0.25, -0.2) is 9.59 Å². The Morgan fingerprint density at radius 3 is 2.10 bits per heavy atom. The summed E-state index contributed by atoms with van der Waals surface area (Å²) in [4.78, 5) is 24.6. The van der Waals surface area contributed by atoms with Crippen LogP contribution in [0.4, 0.5) is 4.79 Å². The number of hydrogen-bond donors (Lipinski definition) is 2. The van der Waals surface area contributed by atoms with E-state index in [0.29, 0.717) is 0 Å². The molecule has 1 amide bonds. The van der Waals surface area contributed by atoms with E-state index in [1.54, 1.807) is 0 Å². The van der Waals surface area contributed by atoms with Gasteiger partial charge in [0.05, 0.1) is 0 Å². The fourth-order valence-electron chi connectivity index (χ4n) is 4.06. The van der Waals surface area contributed by atoms with Crippen molar-refractivity contribution in [3.63, 3.8) is 0 Å². The molecule has 6 heteroatoms. The van der Waals surface area contributed by atoms with Gasteiger partial charge in [0.25, 0.3) is 0 Å². The maximum absolute atomic E-state index is 12.6. The van der Waals surface area contributed by atoms with Gasteiger partial charge >= 0.3 is 12.1 Å². The maximum Gasteiger partial charge on any atom is 0.408 e. The molecule has 0 aliphatic heterocycles. The standard InChI is InChI=1S/C25H22INO4/c1-25(23(28)29,14-16-8-2-7-13-22(16)26)27-24(30)31-15-21-19-11-5-3-9-17(19)18-10-4-6-12-20(18)21/h2-13,21H,14-15H2,1H3,(H,27,30)(H,28,29). The monoisotopic (exact) mass is 527 g/mol. The molecule has 1 unspecified atom stereocenters. The Bertz CT molecular complexity index is 1100. The average molecular weight is 527 g/mol. The lowest BCUT2D eigenvalue weighted by Gasteiger charge is -2.27. The van der Waals surface area contributed by atoms with E-state index in [4.69, 9.17) is 4.74 Å². The fourth-order valence-corrected chi connectivity index (χ4v) is 4.63. The number of carboxylic acid groups (broad SMARTS) is 1. The summed E-state index contributed by atoms with van der Waals surface area (Å²) in [5, 5.41) is 12.4. The normalized spacial score (nSPS) is 14.3. The lowest BCUT2D eigenvalue weighted by Crippen LogP contribution is -2.54.